The molecule has 0 bridgehead atoms. The van der Waals surface area contributed by atoms with Crippen LogP contribution >= 0.6 is 0 Å². The molecule has 2 heterocycles. The fourth-order valence-electron chi connectivity index (χ4n) is 3.28. The normalized spacial score (nSPS) is 14.0. The molecule has 2 aromatic heterocycles. The molecule has 8 nitrogen and oxygen atoms in total. The van der Waals surface area contributed by atoms with Gasteiger partial charge >= 0.3 is 0 Å². The number of nitrogens with zero attached hydrogens (tertiary/aromatic N) is 3. The van der Waals surface area contributed by atoms with Crippen LogP contribution in [0.3, 0.4) is 0 Å². The van der Waals surface area contributed by atoms with E-state index in [1.165, 1.54) is 6.20 Å². The Morgan fingerprint density at radius 1 is 1.32 bits per heavy atom. The van der Waals surface area contributed by atoms with Gasteiger partial charge in [-0.2, -0.15) is 5.26 Å². The molecule has 2 aromatic rings. The van der Waals surface area contributed by atoms with Gasteiger partial charge in [-0.25, -0.2) is 9.97 Å². The van der Waals surface area contributed by atoms with Gasteiger partial charge in [0, 0.05) is 24.2 Å². The lowest BCUT2D eigenvalue weighted by molar-refractivity contribution is -0.130. The van der Waals surface area contributed by atoms with Crippen molar-refractivity contribution in [3.05, 3.63) is 60.1 Å². The Kier molecular flexibility index (Phi) is 8.97. The zero-order chi connectivity index (χ0) is 22.7. The molecular weight excluding hydrogens is 394 g/mol. The van der Waals surface area contributed by atoms with Gasteiger partial charge in [0.25, 0.3) is 0 Å². The number of hydrogen-bond acceptors (Lipinski definition) is 7. The highest BCUT2D eigenvalue weighted by molar-refractivity contribution is 5.75. The van der Waals surface area contributed by atoms with Gasteiger partial charge < -0.3 is 20.5 Å². The molecule has 0 radical (unpaired) electrons. The van der Waals surface area contributed by atoms with Gasteiger partial charge in [0.05, 0.1) is 18.3 Å². The van der Waals surface area contributed by atoms with Gasteiger partial charge in [0.2, 0.25) is 11.8 Å². The second-order valence-electron chi connectivity index (χ2n) is 7.17. The van der Waals surface area contributed by atoms with Crippen LogP contribution in [-0.2, 0) is 15.1 Å². The first-order chi connectivity index (χ1) is 14.9. The summed E-state index contributed by atoms with van der Waals surface area (Å²) < 4.78 is 10.9. The molecule has 0 atom stereocenters. The third-order valence-corrected chi connectivity index (χ3v) is 5.00. The van der Waals surface area contributed by atoms with E-state index in [4.69, 9.17) is 20.5 Å². The zero-order valence-corrected chi connectivity index (χ0v) is 18.1. The van der Waals surface area contributed by atoms with Crippen molar-refractivity contribution in [3.63, 3.8) is 0 Å². The number of amides is 1. The van der Waals surface area contributed by atoms with Gasteiger partial charge in [0.1, 0.15) is 18.5 Å². The molecule has 0 aliphatic heterocycles. The van der Waals surface area contributed by atoms with Crippen molar-refractivity contribution in [2.24, 2.45) is 5.73 Å². The van der Waals surface area contributed by atoms with E-state index < -0.39 is 11.5 Å². The number of anilines is 1. The van der Waals surface area contributed by atoms with Crippen LogP contribution in [0, 0.1) is 11.3 Å². The molecule has 31 heavy (non-hydrogen) atoms. The average Bonchev–Trinajstić information content (AvgIpc) is 3.29. The van der Waals surface area contributed by atoms with E-state index in [0.717, 1.165) is 49.2 Å². The Balaban J connectivity index is 0.000000233. The van der Waals surface area contributed by atoms with Gasteiger partial charge in [-0.1, -0.05) is 26.3 Å². The summed E-state index contributed by atoms with van der Waals surface area (Å²) in [5, 5.41) is 11.6. The molecule has 8 heteroatoms. The third-order valence-electron chi connectivity index (χ3n) is 5.00. The van der Waals surface area contributed by atoms with Crippen LogP contribution in [-0.4, -0.2) is 29.6 Å². The molecule has 1 aliphatic rings. The molecule has 164 valence electrons. The summed E-state index contributed by atoms with van der Waals surface area (Å²) in [4.78, 5) is 19.0. The number of carbonyl (C=O) groups is 1. The van der Waals surface area contributed by atoms with Gasteiger partial charge in [-0.05, 0) is 43.0 Å². The number of pyridine rings is 2. The number of nitriles is 1. The standard InChI is InChI=1S/C13H18N2O3.C10H11N3/c1-17-12-8-10(4-7-15-12)13(5-2-3-6-13)18-9-11(14)16;1-3-8(2)13-10-5-4-9(6-11)7-12-10/h4,7-8H,2-3,5-6,9H2,1H3,(H2,14,16);4-5,7H,2-3H2,1H3,(H,12,13). The summed E-state index contributed by atoms with van der Waals surface area (Å²) in [6, 6.07) is 9.27. The number of rotatable bonds is 8. The highest BCUT2D eigenvalue weighted by Crippen LogP contribution is 2.42. The number of allylic oxidation sites excluding steroid dienone is 1. The van der Waals surface area contributed by atoms with E-state index in [2.05, 4.69) is 21.9 Å². The summed E-state index contributed by atoms with van der Waals surface area (Å²) in [5.74, 6) is 0.842. The Morgan fingerprint density at radius 3 is 2.61 bits per heavy atom. The predicted molar refractivity (Wildman–Crippen MR) is 118 cm³/mol. The molecule has 1 fully saturated rings. The lowest BCUT2D eigenvalue weighted by Crippen LogP contribution is -2.31. The number of hydrogen-bond donors (Lipinski definition) is 2. The highest BCUT2D eigenvalue weighted by Gasteiger charge is 2.37. The van der Waals surface area contributed by atoms with Crippen LogP contribution in [0.2, 0.25) is 0 Å². The van der Waals surface area contributed by atoms with E-state index >= 15 is 0 Å². The average molecular weight is 424 g/mol. The van der Waals surface area contributed by atoms with Crippen molar-refractivity contribution in [1.29, 1.82) is 5.26 Å². The maximum Gasteiger partial charge on any atom is 0.243 e. The molecule has 0 saturated heterocycles. The summed E-state index contributed by atoms with van der Waals surface area (Å²) >= 11 is 0. The van der Waals surface area contributed by atoms with Gasteiger partial charge in [-0.15, -0.1) is 0 Å². The lowest BCUT2D eigenvalue weighted by Gasteiger charge is -2.29. The third kappa shape index (κ3) is 7.08. The number of ether oxygens (including phenoxy) is 2. The summed E-state index contributed by atoms with van der Waals surface area (Å²) in [7, 11) is 1.58. The zero-order valence-electron chi connectivity index (χ0n) is 18.1. The molecular formula is C23H29N5O3. The maximum atomic E-state index is 10.9. The van der Waals surface area contributed by atoms with Crippen molar-refractivity contribution in [3.8, 4) is 11.9 Å². The van der Waals surface area contributed by atoms with Crippen molar-refractivity contribution < 1.29 is 14.3 Å². The van der Waals surface area contributed by atoms with Crippen LogP contribution in [0.5, 0.6) is 5.88 Å². The molecule has 1 amide bonds. The van der Waals surface area contributed by atoms with Crippen molar-refractivity contribution in [2.45, 2.75) is 44.6 Å². The molecule has 0 aromatic carbocycles. The van der Waals surface area contributed by atoms with E-state index in [-0.39, 0.29) is 6.61 Å². The number of nitrogens with one attached hydrogen (secondary N) is 1. The van der Waals surface area contributed by atoms with Crippen LogP contribution in [0.15, 0.2) is 48.9 Å². The maximum absolute atomic E-state index is 10.9. The Hall–Kier alpha value is -3.44. The highest BCUT2D eigenvalue weighted by atomic mass is 16.5. The first-order valence-corrected chi connectivity index (χ1v) is 10.2. The van der Waals surface area contributed by atoms with Gasteiger partial charge in [-0.3, -0.25) is 4.79 Å². The second kappa shape index (κ2) is 11.7. The van der Waals surface area contributed by atoms with Crippen molar-refractivity contribution >= 4 is 11.7 Å². The fourth-order valence-corrected chi connectivity index (χ4v) is 3.28. The predicted octanol–water partition coefficient (Wildman–Crippen LogP) is 3.65. The molecule has 3 rings (SSSR count). The number of aromatic nitrogens is 2. The molecule has 0 unspecified atom stereocenters. The topological polar surface area (TPSA) is 123 Å². The number of primary amides is 1. The Bertz CT molecular complexity index is 916. The summed E-state index contributed by atoms with van der Waals surface area (Å²) in [6.07, 6.45) is 8.06. The van der Waals surface area contributed by atoms with Crippen LogP contribution < -0.4 is 15.8 Å². The summed E-state index contributed by atoms with van der Waals surface area (Å²) in [6.45, 7) is 5.76. The molecule has 0 spiro atoms. The minimum Gasteiger partial charge on any atom is -0.481 e. The van der Waals surface area contributed by atoms with Crippen molar-refractivity contribution in [2.75, 3.05) is 19.0 Å². The van der Waals surface area contributed by atoms with Crippen LogP contribution in [0.1, 0.15) is 50.2 Å². The number of methoxy groups -OCH3 is 1. The lowest BCUT2D eigenvalue weighted by atomic mass is 9.92. The first kappa shape index (κ1) is 23.8. The second-order valence-corrected chi connectivity index (χ2v) is 7.17. The SMILES string of the molecule is C=C(CC)Nc1ccc(C#N)cn1.COc1cc(C2(OCC(N)=O)CCCC2)ccn1. The fraction of sp³-hybridized carbons (Fsp3) is 0.391. The Labute approximate surface area is 183 Å². The van der Waals surface area contributed by atoms with Crippen molar-refractivity contribution in [1.82, 2.24) is 9.97 Å². The van der Waals surface area contributed by atoms with E-state index in [0.29, 0.717) is 11.4 Å². The minimum atomic E-state index is -0.442. The minimum absolute atomic E-state index is 0.0510. The van der Waals surface area contributed by atoms with Crippen LogP contribution in [0.4, 0.5) is 5.82 Å². The number of nitrogens with two attached hydrogens (primary N) is 1. The van der Waals surface area contributed by atoms with Gasteiger partial charge in [0.15, 0.2) is 0 Å². The quantitative estimate of drug-likeness (QED) is 0.664. The number of carbonyl (C=O) groups excluding carboxylic acids is 1. The molecule has 1 saturated carbocycles. The monoisotopic (exact) mass is 423 g/mol. The Morgan fingerprint density at radius 2 is 2.06 bits per heavy atom. The summed E-state index contributed by atoms with van der Waals surface area (Å²) in [5.41, 5.74) is 7.24. The van der Waals surface area contributed by atoms with E-state index in [1.54, 1.807) is 25.4 Å². The smallest absolute Gasteiger partial charge is 0.243 e. The van der Waals surface area contributed by atoms with Crippen LogP contribution in [0.25, 0.3) is 0 Å². The first-order valence-electron chi connectivity index (χ1n) is 10.2. The van der Waals surface area contributed by atoms with E-state index in [9.17, 15) is 4.79 Å². The molecule has 1 aliphatic carbocycles. The van der Waals surface area contributed by atoms with E-state index in [1.807, 2.05) is 25.1 Å². The molecule has 3 N–H and O–H groups in total. The largest absolute Gasteiger partial charge is 0.481 e.